The van der Waals surface area contributed by atoms with Gasteiger partial charge in [0.2, 0.25) is 0 Å². The van der Waals surface area contributed by atoms with Crippen molar-refractivity contribution < 1.29 is 5.11 Å². The summed E-state index contributed by atoms with van der Waals surface area (Å²) in [6.07, 6.45) is 6.39. The molecule has 0 fully saturated rings. The maximum Gasteiger partial charge on any atom is 0.136 e. The van der Waals surface area contributed by atoms with Crippen LogP contribution in [0.1, 0.15) is 19.2 Å². The van der Waals surface area contributed by atoms with Crippen molar-refractivity contribution in [1.29, 1.82) is 0 Å². The molecule has 0 bridgehead atoms. The Balaban J connectivity index is 2.24. The minimum atomic E-state index is -0.388. The second-order valence-corrected chi connectivity index (χ2v) is 3.83. The highest BCUT2D eigenvalue weighted by Gasteiger charge is 2.14. The molecule has 0 aliphatic carbocycles. The van der Waals surface area contributed by atoms with Gasteiger partial charge in [0, 0.05) is 37.6 Å². The molecule has 0 spiro atoms. The highest BCUT2D eigenvalue weighted by atomic mass is 16.3. The van der Waals surface area contributed by atoms with Gasteiger partial charge in [-0.3, -0.25) is 0 Å². The standard InChI is InChI=1S/C11H17N3O/c1-2-4-14-5-3-13-11(14)9-6-10(15)8-12-7-9/h3,5-6,10,12,15H,2,4,7-8H2,1H3. The number of hydrogen-bond acceptors (Lipinski definition) is 3. The molecule has 0 aromatic carbocycles. The summed E-state index contributed by atoms with van der Waals surface area (Å²) in [4.78, 5) is 4.34. The number of aliphatic hydroxyl groups is 1. The molecule has 1 aromatic heterocycles. The Hall–Kier alpha value is -1.13. The van der Waals surface area contributed by atoms with E-state index >= 15 is 0 Å². The quantitative estimate of drug-likeness (QED) is 0.764. The molecule has 2 N–H and O–H groups in total. The molecule has 15 heavy (non-hydrogen) atoms. The van der Waals surface area contributed by atoms with Gasteiger partial charge in [-0.2, -0.15) is 0 Å². The van der Waals surface area contributed by atoms with Crippen LogP contribution in [0.4, 0.5) is 0 Å². The average molecular weight is 207 g/mol. The van der Waals surface area contributed by atoms with E-state index in [-0.39, 0.29) is 6.10 Å². The highest BCUT2D eigenvalue weighted by Crippen LogP contribution is 2.15. The fourth-order valence-corrected chi connectivity index (χ4v) is 1.88. The van der Waals surface area contributed by atoms with Crippen molar-refractivity contribution in [1.82, 2.24) is 14.9 Å². The molecule has 0 radical (unpaired) electrons. The van der Waals surface area contributed by atoms with E-state index in [9.17, 15) is 5.11 Å². The van der Waals surface area contributed by atoms with Crippen molar-refractivity contribution in [2.24, 2.45) is 0 Å². The number of hydrogen-bond donors (Lipinski definition) is 2. The molecular formula is C11H17N3O. The third-order valence-corrected chi connectivity index (χ3v) is 2.53. The van der Waals surface area contributed by atoms with E-state index in [0.29, 0.717) is 6.54 Å². The lowest BCUT2D eigenvalue weighted by Crippen LogP contribution is -2.32. The molecule has 1 aromatic rings. The van der Waals surface area contributed by atoms with Crippen LogP contribution in [-0.2, 0) is 6.54 Å². The Bertz CT molecular complexity index is 356. The van der Waals surface area contributed by atoms with Gasteiger partial charge in [-0.25, -0.2) is 4.98 Å². The summed E-state index contributed by atoms with van der Waals surface area (Å²) in [6.45, 7) is 4.55. The zero-order valence-corrected chi connectivity index (χ0v) is 8.98. The van der Waals surface area contributed by atoms with Gasteiger partial charge in [-0.15, -0.1) is 0 Å². The van der Waals surface area contributed by atoms with E-state index in [1.807, 2.05) is 18.5 Å². The number of aryl methyl sites for hydroxylation is 1. The van der Waals surface area contributed by atoms with Gasteiger partial charge in [0.25, 0.3) is 0 Å². The molecule has 82 valence electrons. The van der Waals surface area contributed by atoms with Gasteiger partial charge >= 0.3 is 0 Å². The molecule has 0 amide bonds. The van der Waals surface area contributed by atoms with Crippen LogP contribution >= 0.6 is 0 Å². The van der Waals surface area contributed by atoms with Crippen LogP contribution in [0.15, 0.2) is 18.5 Å². The minimum Gasteiger partial charge on any atom is -0.388 e. The lowest BCUT2D eigenvalue weighted by atomic mass is 10.1. The molecule has 1 atom stereocenters. The Labute approximate surface area is 89.6 Å². The first kappa shape index (κ1) is 10.4. The Morgan fingerprint density at radius 2 is 2.53 bits per heavy atom. The van der Waals surface area contributed by atoms with Crippen LogP contribution in [0.2, 0.25) is 0 Å². The summed E-state index contributed by atoms with van der Waals surface area (Å²) < 4.78 is 2.13. The Kier molecular flexibility index (Phi) is 3.18. The molecule has 1 aliphatic heterocycles. The lowest BCUT2D eigenvalue weighted by Gasteiger charge is -2.18. The molecule has 0 saturated carbocycles. The zero-order valence-electron chi connectivity index (χ0n) is 8.98. The fourth-order valence-electron chi connectivity index (χ4n) is 1.88. The lowest BCUT2D eigenvalue weighted by molar-refractivity contribution is 0.216. The SMILES string of the molecule is CCCn1ccnc1C1=CC(O)CNC1. The molecule has 1 unspecified atom stereocenters. The van der Waals surface area contributed by atoms with Gasteiger partial charge in [0.05, 0.1) is 6.10 Å². The molecule has 2 heterocycles. The van der Waals surface area contributed by atoms with Gasteiger partial charge in [0.15, 0.2) is 0 Å². The van der Waals surface area contributed by atoms with Crippen LogP contribution in [0.25, 0.3) is 5.57 Å². The van der Waals surface area contributed by atoms with Crippen molar-refractivity contribution >= 4 is 5.57 Å². The molecule has 4 heteroatoms. The summed E-state index contributed by atoms with van der Waals surface area (Å²) in [5, 5.41) is 12.7. The van der Waals surface area contributed by atoms with Gasteiger partial charge in [-0.1, -0.05) is 6.92 Å². The van der Waals surface area contributed by atoms with Crippen LogP contribution in [0.5, 0.6) is 0 Å². The smallest absolute Gasteiger partial charge is 0.136 e. The number of aromatic nitrogens is 2. The van der Waals surface area contributed by atoms with E-state index < -0.39 is 0 Å². The summed E-state index contributed by atoms with van der Waals surface area (Å²) in [7, 11) is 0. The van der Waals surface area contributed by atoms with Gasteiger partial charge in [0.1, 0.15) is 5.82 Å². The van der Waals surface area contributed by atoms with Gasteiger partial charge < -0.3 is 15.0 Å². The first-order valence-electron chi connectivity index (χ1n) is 5.42. The van der Waals surface area contributed by atoms with Crippen molar-refractivity contribution in [3.05, 3.63) is 24.3 Å². The van der Waals surface area contributed by atoms with Gasteiger partial charge in [-0.05, 0) is 12.5 Å². The van der Waals surface area contributed by atoms with E-state index in [1.165, 1.54) is 0 Å². The van der Waals surface area contributed by atoms with E-state index in [2.05, 4.69) is 21.8 Å². The number of nitrogens with zero attached hydrogens (tertiary/aromatic N) is 2. The predicted octanol–water partition coefficient (Wildman–Crippen LogP) is 0.641. The maximum atomic E-state index is 9.52. The third-order valence-electron chi connectivity index (χ3n) is 2.53. The summed E-state index contributed by atoms with van der Waals surface area (Å²) in [5.41, 5.74) is 1.09. The minimum absolute atomic E-state index is 0.388. The van der Waals surface area contributed by atoms with E-state index in [0.717, 1.165) is 30.9 Å². The van der Waals surface area contributed by atoms with Crippen LogP contribution in [-0.4, -0.2) is 33.9 Å². The van der Waals surface area contributed by atoms with Crippen molar-refractivity contribution in [3.8, 4) is 0 Å². The monoisotopic (exact) mass is 207 g/mol. The first-order valence-corrected chi connectivity index (χ1v) is 5.42. The van der Waals surface area contributed by atoms with Crippen LogP contribution in [0.3, 0.4) is 0 Å². The van der Waals surface area contributed by atoms with E-state index in [1.54, 1.807) is 0 Å². The summed E-state index contributed by atoms with van der Waals surface area (Å²) in [5.74, 6) is 0.975. The number of nitrogens with one attached hydrogen (secondary N) is 1. The molecular weight excluding hydrogens is 190 g/mol. The second kappa shape index (κ2) is 4.59. The number of β-amino-alcohol motifs (C(OH)–C–C–N with tert-alkyl or cyclic N) is 1. The van der Waals surface area contributed by atoms with Crippen molar-refractivity contribution in [3.63, 3.8) is 0 Å². The fraction of sp³-hybridized carbons (Fsp3) is 0.545. The molecule has 4 nitrogen and oxygen atoms in total. The zero-order chi connectivity index (χ0) is 10.7. The Morgan fingerprint density at radius 3 is 3.27 bits per heavy atom. The van der Waals surface area contributed by atoms with Crippen molar-refractivity contribution in [2.75, 3.05) is 13.1 Å². The summed E-state index contributed by atoms with van der Waals surface area (Å²) in [6, 6.07) is 0. The number of aliphatic hydroxyl groups excluding tert-OH is 1. The van der Waals surface area contributed by atoms with Crippen LogP contribution < -0.4 is 5.32 Å². The van der Waals surface area contributed by atoms with Crippen LogP contribution in [0, 0.1) is 0 Å². The first-order chi connectivity index (χ1) is 7.31. The Morgan fingerprint density at radius 1 is 1.67 bits per heavy atom. The maximum absolute atomic E-state index is 9.52. The number of imidazole rings is 1. The topological polar surface area (TPSA) is 50.1 Å². The molecule has 0 saturated heterocycles. The second-order valence-electron chi connectivity index (χ2n) is 3.83. The predicted molar refractivity (Wildman–Crippen MR) is 59.4 cm³/mol. The normalized spacial score (nSPS) is 21.5. The van der Waals surface area contributed by atoms with E-state index in [4.69, 9.17) is 0 Å². The summed E-state index contributed by atoms with van der Waals surface area (Å²) >= 11 is 0. The number of rotatable bonds is 3. The molecule has 2 rings (SSSR count). The largest absolute Gasteiger partial charge is 0.388 e. The third kappa shape index (κ3) is 2.27. The average Bonchev–Trinajstić information content (AvgIpc) is 2.66. The highest BCUT2D eigenvalue weighted by molar-refractivity contribution is 5.63. The molecule has 1 aliphatic rings. The van der Waals surface area contributed by atoms with Crippen molar-refractivity contribution in [2.45, 2.75) is 26.0 Å².